The average Bonchev–Trinajstić information content (AvgIpc) is 2.93. The van der Waals surface area contributed by atoms with E-state index >= 15 is 0 Å². The molecule has 1 aliphatic heterocycles. The van der Waals surface area contributed by atoms with Crippen molar-refractivity contribution in [2.75, 3.05) is 23.7 Å². The molecule has 0 bridgehead atoms. The van der Waals surface area contributed by atoms with Gasteiger partial charge in [0, 0.05) is 42.3 Å². The number of carbonyl (C=O) groups is 2. The molecule has 0 radical (unpaired) electrons. The summed E-state index contributed by atoms with van der Waals surface area (Å²) in [6.07, 6.45) is -4.24. The second-order valence-corrected chi connectivity index (χ2v) is 10.7. The number of piperidine rings is 1. The maximum absolute atomic E-state index is 14.1. The molecule has 1 saturated heterocycles. The molecule has 0 aliphatic carbocycles. The number of hydrogen-bond donors (Lipinski definition) is 4. The van der Waals surface area contributed by atoms with Gasteiger partial charge >= 0.3 is 6.18 Å². The van der Waals surface area contributed by atoms with Crippen molar-refractivity contribution in [3.63, 3.8) is 0 Å². The molecule has 1 aliphatic rings. The Morgan fingerprint density at radius 1 is 0.929 bits per heavy atom. The lowest BCUT2D eigenvalue weighted by Crippen LogP contribution is -2.49. The lowest BCUT2D eigenvalue weighted by Gasteiger charge is -2.29. The van der Waals surface area contributed by atoms with E-state index in [1.807, 2.05) is 0 Å². The normalized spacial score (nSPS) is 14.5. The van der Waals surface area contributed by atoms with E-state index in [1.165, 1.54) is 32.0 Å². The summed E-state index contributed by atoms with van der Waals surface area (Å²) in [7, 11) is 0. The van der Waals surface area contributed by atoms with Crippen LogP contribution in [0.25, 0.3) is 0 Å². The van der Waals surface area contributed by atoms with Crippen LogP contribution in [0.5, 0.6) is 0 Å². The summed E-state index contributed by atoms with van der Waals surface area (Å²) in [6.45, 7) is 4.08. The zero-order valence-electron chi connectivity index (χ0n) is 23.0. The Morgan fingerprint density at radius 2 is 1.57 bits per heavy atom. The summed E-state index contributed by atoms with van der Waals surface area (Å²) in [5.74, 6) is -2.76. The predicted octanol–water partition coefficient (Wildman–Crippen LogP) is 5.83. The number of anilines is 3. The lowest BCUT2D eigenvalue weighted by atomic mass is 10.0. The van der Waals surface area contributed by atoms with Crippen LogP contribution < -0.4 is 16.0 Å². The molecule has 12 heteroatoms. The molecule has 0 atom stereocenters. The van der Waals surface area contributed by atoms with Crippen molar-refractivity contribution in [1.29, 1.82) is 0 Å². The van der Waals surface area contributed by atoms with Gasteiger partial charge in [0.1, 0.15) is 11.6 Å². The first-order valence-corrected chi connectivity index (χ1v) is 13.3. The second-order valence-electron chi connectivity index (χ2n) is 10.7. The number of nitrogens with one attached hydrogen (secondary N) is 3. The van der Waals surface area contributed by atoms with Crippen molar-refractivity contribution in [2.24, 2.45) is 0 Å². The number of aliphatic hydroxyl groups is 1. The summed E-state index contributed by atoms with van der Waals surface area (Å²) in [6, 6.07) is 12.9. The predicted molar refractivity (Wildman–Crippen MR) is 148 cm³/mol. The maximum Gasteiger partial charge on any atom is 0.419 e. The molecule has 4 rings (SSSR count). The van der Waals surface area contributed by atoms with Crippen molar-refractivity contribution in [1.82, 2.24) is 10.2 Å². The number of halogens is 5. The monoisotopic (exact) mass is 590 g/mol. The van der Waals surface area contributed by atoms with Crippen LogP contribution in [0.3, 0.4) is 0 Å². The van der Waals surface area contributed by atoms with Crippen LogP contribution >= 0.6 is 0 Å². The number of hydrogen-bond acceptors (Lipinski definition) is 5. The summed E-state index contributed by atoms with van der Waals surface area (Å²) in [5.41, 5.74) is -0.938. The molecule has 0 unspecified atom stereocenters. The third-order valence-corrected chi connectivity index (χ3v) is 7.05. The van der Waals surface area contributed by atoms with E-state index in [-0.39, 0.29) is 18.1 Å². The zero-order chi connectivity index (χ0) is 30.7. The Bertz CT molecular complexity index is 1440. The minimum Gasteiger partial charge on any atom is -0.393 e. The van der Waals surface area contributed by atoms with Gasteiger partial charge in [0.2, 0.25) is 5.91 Å². The maximum atomic E-state index is 14.1. The summed E-state index contributed by atoms with van der Waals surface area (Å²) < 4.78 is 66.9. The van der Waals surface area contributed by atoms with Crippen LogP contribution in [0.1, 0.15) is 48.2 Å². The van der Waals surface area contributed by atoms with Crippen molar-refractivity contribution in [3.05, 3.63) is 89.0 Å². The van der Waals surface area contributed by atoms with Crippen LogP contribution in [0, 0.1) is 11.6 Å². The highest BCUT2D eigenvalue weighted by atomic mass is 19.4. The molecule has 3 aromatic carbocycles. The van der Waals surface area contributed by atoms with E-state index in [1.54, 1.807) is 29.2 Å². The van der Waals surface area contributed by atoms with Crippen LogP contribution in [0.2, 0.25) is 0 Å². The average molecular weight is 591 g/mol. The molecular formula is C30H31F5N4O3. The summed E-state index contributed by atoms with van der Waals surface area (Å²) >= 11 is 0. The number of carbonyl (C=O) groups excluding carboxylic acids is 2. The van der Waals surface area contributed by atoms with Gasteiger partial charge in [-0.05, 0) is 86.8 Å². The third kappa shape index (κ3) is 7.62. The van der Waals surface area contributed by atoms with Crippen molar-refractivity contribution >= 4 is 28.9 Å². The molecule has 3 aromatic rings. The Morgan fingerprint density at radius 3 is 2.21 bits per heavy atom. The second kappa shape index (κ2) is 12.5. The Balaban J connectivity index is 1.41. The van der Waals surface area contributed by atoms with E-state index in [9.17, 15) is 36.6 Å². The van der Waals surface area contributed by atoms with Gasteiger partial charge in [0.15, 0.2) is 0 Å². The van der Waals surface area contributed by atoms with Crippen LogP contribution in [-0.2, 0) is 17.5 Å². The van der Waals surface area contributed by atoms with Gasteiger partial charge in [0.05, 0.1) is 17.2 Å². The number of amides is 2. The lowest BCUT2D eigenvalue weighted by molar-refractivity contribution is -0.140. The molecule has 1 fully saturated rings. The molecule has 224 valence electrons. The fourth-order valence-corrected chi connectivity index (χ4v) is 4.43. The van der Waals surface area contributed by atoms with E-state index in [0.29, 0.717) is 60.6 Å². The highest BCUT2D eigenvalue weighted by Gasteiger charge is 2.35. The first kappa shape index (κ1) is 30.9. The van der Waals surface area contributed by atoms with Gasteiger partial charge in [0.25, 0.3) is 5.91 Å². The molecule has 0 spiro atoms. The molecule has 1 heterocycles. The smallest absolute Gasteiger partial charge is 0.393 e. The molecule has 0 aromatic heterocycles. The number of rotatable bonds is 8. The Kier molecular flexibility index (Phi) is 9.17. The minimum absolute atomic E-state index is 0.0810. The van der Waals surface area contributed by atoms with Crippen molar-refractivity contribution < 1.29 is 36.6 Å². The molecular weight excluding hydrogens is 559 g/mol. The molecule has 42 heavy (non-hydrogen) atoms. The summed E-state index contributed by atoms with van der Waals surface area (Å²) in [5, 5.41) is 18.2. The quantitative estimate of drug-likeness (QED) is 0.248. The molecule has 4 N–H and O–H groups in total. The molecule has 0 saturated carbocycles. The van der Waals surface area contributed by atoms with E-state index in [2.05, 4.69) is 16.0 Å². The third-order valence-electron chi connectivity index (χ3n) is 7.05. The Hall–Kier alpha value is -4.03. The van der Waals surface area contributed by atoms with Gasteiger partial charge in [-0.25, -0.2) is 8.78 Å². The standard InChI is InChI=1S/C30H31F5N4O3/c1-29(2,28(42)38-22-9-10-25(32)24(16-22)30(33,34)35)36-17-19-3-6-20(31)15-26(19)37-21-7-4-18(5-8-21)27(41)39-13-11-23(40)12-14-39/h3-10,15-16,23,36-37,40H,11-14,17H2,1-2H3,(H,38,42). The first-order chi connectivity index (χ1) is 19.7. The number of nitrogens with zero attached hydrogens (tertiary/aromatic N) is 1. The number of benzene rings is 3. The zero-order valence-corrected chi connectivity index (χ0v) is 23.0. The van der Waals surface area contributed by atoms with E-state index < -0.39 is 40.9 Å². The highest BCUT2D eigenvalue weighted by Crippen LogP contribution is 2.33. The minimum atomic E-state index is -4.92. The fraction of sp³-hybridized carbons (Fsp3) is 0.333. The molecule has 7 nitrogen and oxygen atoms in total. The Labute approximate surface area is 239 Å². The van der Waals surface area contributed by atoms with E-state index in [0.717, 1.165) is 6.07 Å². The topological polar surface area (TPSA) is 93.7 Å². The van der Waals surface area contributed by atoms with Crippen molar-refractivity contribution in [3.8, 4) is 0 Å². The fourth-order valence-electron chi connectivity index (χ4n) is 4.43. The number of aliphatic hydroxyl groups excluding tert-OH is 1. The van der Waals surface area contributed by atoms with Gasteiger partial charge in [-0.15, -0.1) is 0 Å². The van der Waals surface area contributed by atoms with Crippen LogP contribution in [0.15, 0.2) is 60.7 Å². The van der Waals surface area contributed by atoms with E-state index in [4.69, 9.17) is 0 Å². The largest absolute Gasteiger partial charge is 0.419 e. The molecule has 2 amide bonds. The van der Waals surface area contributed by atoms with Gasteiger partial charge in [-0.1, -0.05) is 6.07 Å². The van der Waals surface area contributed by atoms with Crippen LogP contribution in [-0.4, -0.2) is 46.6 Å². The van der Waals surface area contributed by atoms with Gasteiger partial charge in [-0.3, -0.25) is 14.9 Å². The van der Waals surface area contributed by atoms with Gasteiger partial charge in [-0.2, -0.15) is 13.2 Å². The summed E-state index contributed by atoms with van der Waals surface area (Å²) in [4.78, 5) is 27.3. The SMILES string of the molecule is CC(C)(NCc1ccc(F)cc1Nc1ccc(C(=O)N2CCC(O)CC2)cc1)C(=O)Nc1ccc(F)c(C(F)(F)F)c1. The highest BCUT2D eigenvalue weighted by molar-refractivity contribution is 5.97. The number of alkyl halides is 3. The van der Waals surface area contributed by atoms with Crippen LogP contribution in [0.4, 0.5) is 39.0 Å². The number of likely N-dealkylation sites (tertiary alicyclic amines) is 1. The van der Waals surface area contributed by atoms with Gasteiger partial charge < -0.3 is 20.6 Å². The first-order valence-electron chi connectivity index (χ1n) is 13.3. The van der Waals surface area contributed by atoms with Crippen molar-refractivity contribution in [2.45, 2.75) is 51.1 Å².